The number of ketones is 1. The van der Waals surface area contributed by atoms with Crippen molar-refractivity contribution in [1.82, 2.24) is 0 Å². The third kappa shape index (κ3) is 2.57. The third-order valence-electron chi connectivity index (χ3n) is 3.68. The molecule has 0 saturated heterocycles. The summed E-state index contributed by atoms with van der Waals surface area (Å²) in [7, 11) is 0. The average Bonchev–Trinajstić information content (AvgIpc) is 2.62. The summed E-state index contributed by atoms with van der Waals surface area (Å²) in [5.41, 5.74) is 5.65. The molecule has 1 rings (SSSR count). The maximum atomic E-state index is 12.0. The lowest BCUT2D eigenvalue weighted by atomic mass is 9.85. The molecule has 0 unspecified atom stereocenters. The Hall–Kier alpha value is -0.370. The normalized spacial score (nSPS) is 20.3. The van der Waals surface area contributed by atoms with Crippen LogP contribution in [0.1, 0.15) is 58.8 Å². The zero-order chi connectivity index (χ0) is 10.6. The number of rotatable bonds is 5. The van der Waals surface area contributed by atoms with Crippen molar-refractivity contribution in [2.45, 2.75) is 64.3 Å². The van der Waals surface area contributed by atoms with Crippen molar-refractivity contribution in [1.29, 1.82) is 0 Å². The largest absolute Gasteiger partial charge is 0.319 e. The number of Topliss-reactive ketones (excluding diaryl/α,β-unsaturated/α-hetero) is 1. The first-order valence-electron chi connectivity index (χ1n) is 5.94. The maximum absolute atomic E-state index is 12.0. The van der Waals surface area contributed by atoms with Gasteiger partial charge in [0, 0.05) is 6.42 Å². The molecule has 1 aliphatic carbocycles. The molecule has 0 bridgehead atoms. The molecule has 1 saturated carbocycles. The van der Waals surface area contributed by atoms with E-state index in [1.807, 2.05) is 0 Å². The van der Waals surface area contributed by atoms with Crippen LogP contribution < -0.4 is 5.73 Å². The van der Waals surface area contributed by atoms with E-state index in [9.17, 15) is 4.79 Å². The molecule has 0 amide bonds. The fraction of sp³-hybridized carbons (Fsp3) is 0.917. The Morgan fingerprint density at radius 1 is 1.29 bits per heavy atom. The first kappa shape index (κ1) is 11.7. The molecule has 0 aliphatic heterocycles. The summed E-state index contributed by atoms with van der Waals surface area (Å²) in [6.45, 7) is 4.30. The van der Waals surface area contributed by atoms with E-state index in [2.05, 4.69) is 13.8 Å². The van der Waals surface area contributed by atoms with Gasteiger partial charge in [-0.25, -0.2) is 0 Å². The van der Waals surface area contributed by atoms with Crippen molar-refractivity contribution in [2.24, 2.45) is 11.7 Å². The van der Waals surface area contributed by atoms with Gasteiger partial charge in [0.2, 0.25) is 0 Å². The fourth-order valence-corrected chi connectivity index (χ4v) is 2.33. The summed E-state index contributed by atoms with van der Waals surface area (Å²) < 4.78 is 0. The highest BCUT2D eigenvalue weighted by Crippen LogP contribution is 2.30. The Morgan fingerprint density at radius 3 is 2.21 bits per heavy atom. The summed E-state index contributed by atoms with van der Waals surface area (Å²) in [6.07, 6.45) is 6.97. The van der Waals surface area contributed by atoms with E-state index in [0.717, 1.165) is 38.5 Å². The van der Waals surface area contributed by atoms with Gasteiger partial charge in [0.05, 0.1) is 5.54 Å². The second kappa shape index (κ2) is 4.92. The van der Waals surface area contributed by atoms with Crippen LogP contribution in [0.25, 0.3) is 0 Å². The third-order valence-corrected chi connectivity index (χ3v) is 3.68. The molecule has 14 heavy (non-hydrogen) atoms. The van der Waals surface area contributed by atoms with Gasteiger partial charge in [0.1, 0.15) is 0 Å². The predicted molar refractivity (Wildman–Crippen MR) is 59.1 cm³/mol. The van der Waals surface area contributed by atoms with Crippen molar-refractivity contribution in [3.8, 4) is 0 Å². The topological polar surface area (TPSA) is 43.1 Å². The summed E-state index contributed by atoms with van der Waals surface area (Å²) >= 11 is 0. The molecule has 0 aromatic rings. The minimum Gasteiger partial charge on any atom is -0.319 e. The number of nitrogens with two attached hydrogens (primary N) is 1. The van der Waals surface area contributed by atoms with Crippen LogP contribution in [-0.2, 0) is 4.79 Å². The molecule has 82 valence electrons. The second-order valence-electron chi connectivity index (χ2n) is 4.67. The van der Waals surface area contributed by atoms with Crippen LogP contribution in [0.15, 0.2) is 0 Å². The van der Waals surface area contributed by atoms with Gasteiger partial charge in [-0.3, -0.25) is 4.79 Å². The molecular formula is C12H23NO. The van der Waals surface area contributed by atoms with Crippen LogP contribution >= 0.6 is 0 Å². The van der Waals surface area contributed by atoms with Gasteiger partial charge in [-0.05, 0) is 18.8 Å². The Balaban J connectivity index is 2.48. The van der Waals surface area contributed by atoms with E-state index in [1.54, 1.807) is 0 Å². The van der Waals surface area contributed by atoms with Gasteiger partial charge in [-0.1, -0.05) is 39.5 Å². The van der Waals surface area contributed by atoms with Crippen LogP contribution in [0.5, 0.6) is 0 Å². The fourth-order valence-electron chi connectivity index (χ4n) is 2.33. The summed E-state index contributed by atoms with van der Waals surface area (Å²) in [6, 6.07) is 0. The maximum Gasteiger partial charge on any atom is 0.152 e. The number of hydrogen-bond donors (Lipinski definition) is 1. The van der Waals surface area contributed by atoms with Gasteiger partial charge in [0.25, 0.3) is 0 Å². The molecule has 0 radical (unpaired) electrons. The SMILES string of the molecule is CCC(CC)CC(=O)C1(N)CCCC1. The molecule has 0 spiro atoms. The molecular weight excluding hydrogens is 174 g/mol. The molecule has 0 atom stereocenters. The van der Waals surface area contributed by atoms with Crippen molar-refractivity contribution in [2.75, 3.05) is 0 Å². The van der Waals surface area contributed by atoms with Crippen LogP contribution in [0.4, 0.5) is 0 Å². The lowest BCUT2D eigenvalue weighted by Gasteiger charge is -2.24. The summed E-state index contributed by atoms with van der Waals surface area (Å²) in [5.74, 6) is 0.854. The molecule has 0 aromatic heterocycles. The molecule has 2 nitrogen and oxygen atoms in total. The monoisotopic (exact) mass is 197 g/mol. The average molecular weight is 197 g/mol. The first-order valence-corrected chi connectivity index (χ1v) is 5.94. The van der Waals surface area contributed by atoms with Crippen molar-refractivity contribution in [3.05, 3.63) is 0 Å². The van der Waals surface area contributed by atoms with Gasteiger partial charge < -0.3 is 5.73 Å². The minimum absolute atomic E-state index is 0.309. The molecule has 2 heteroatoms. The van der Waals surface area contributed by atoms with Gasteiger partial charge in [-0.2, -0.15) is 0 Å². The zero-order valence-electron chi connectivity index (χ0n) is 9.51. The summed E-state index contributed by atoms with van der Waals surface area (Å²) in [4.78, 5) is 12.0. The van der Waals surface area contributed by atoms with Crippen LogP contribution in [0, 0.1) is 5.92 Å². The minimum atomic E-state index is -0.456. The lowest BCUT2D eigenvalue weighted by Crippen LogP contribution is -2.45. The van der Waals surface area contributed by atoms with E-state index >= 15 is 0 Å². The van der Waals surface area contributed by atoms with E-state index in [1.165, 1.54) is 0 Å². The van der Waals surface area contributed by atoms with Gasteiger partial charge in [-0.15, -0.1) is 0 Å². The van der Waals surface area contributed by atoms with Crippen molar-refractivity contribution < 1.29 is 4.79 Å². The van der Waals surface area contributed by atoms with Crippen LogP contribution in [0.3, 0.4) is 0 Å². The number of hydrogen-bond acceptors (Lipinski definition) is 2. The highest BCUT2D eigenvalue weighted by Gasteiger charge is 2.36. The predicted octanol–water partition coefficient (Wildman–Crippen LogP) is 2.65. The lowest BCUT2D eigenvalue weighted by molar-refractivity contribution is -0.125. The van der Waals surface area contributed by atoms with Crippen LogP contribution in [-0.4, -0.2) is 11.3 Å². The molecule has 1 aliphatic rings. The van der Waals surface area contributed by atoms with Gasteiger partial charge in [0.15, 0.2) is 5.78 Å². The highest BCUT2D eigenvalue weighted by atomic mass is 16.1. The molecule has 0 heterocycles. The van der Waals surface area contributed by atoms with Gasteiger partial charge >= 0.3 is 0 Å². The Labute approximate surface area is 87.2 Å². The number of carbonyl (C=O) groups is 1. The smallest absolute Gasteiger partial charge is 0.152 e. The van der Waals surface area contributed by atoms with Crippen molar-refractivity contribution in [3.63, 3.8) is 0 Å². The van der Waals surface area contributed by atoms with E-state index < -0.39 is 5.54 Å². The van der Waals surface area contributed by atoms with E-state index in [-0.39, 0.29) is 0 Å². The Bertz CT molecular complexity index is 190. The Morgan fingerprint density at radius 2 is 1.79 bits per heavy atom. The highest BCUT2D eigenvalue weighted by molar-refractivity contribution is 5.88. The second-order valence-corrected chi connectivity index (χ2v) is 4.67. The summed E-state index contributed by atoms with van der Waals surface area (Å²) in [5, 5.41) is 0. The quantitative estimate of drug-likeness (QED) is 0.736. The molecule has 2 N–H and O–H groups in total. The van der Waals surface area contributed by atoms with Crippen molar-refractivity contribution >= 4 is 5.78 Å². The zero-order valence-corrected chi connectivity index (χ0v) is 9.51. The van der Waals surface area contributed by atoms with E-state index in [0.29, 0.717) is 18.1 Å². The molecule has 0 aromatic carbocycles. The standard InChI is InChI=1S/C12H23NO/c1-3-10(4-2)9-11(14)12(13)7-5-6-8-12/h10H,3-9,13H2,1-2H3. The molecule has 1 fully saturated rings. The Kier molecular flexibility index (Phi) is 4.11. The van der Waals surface area contributed by atoms with Crippen LogP contribution in [0.2, 0.25) is 0 Å². The first-order chi connectivity index (χ1) is 6.62. The number of carbonyl (C=O) groups excluding carboxylic acids is 1. The van der Waals surface area contributed by atoms with E-state index in [4.69, 9.17) is 5.73 Å².